The largest absolute Gasteiger partial charge is 0.503 e. The van der Waals surface area contributed by atoms with Crippen molar-refractivity contribution in [1.82, 2.24) is 9.47 Å². The van der Waals surface area contributed by atoms with Gasteiger partial charge in [0.2, 0.25) is 0 Å². The summed E-state index contributed by atoms with van der Waals surface area (Å²) in [7, 11) is 4.29. The van der Waals surface area contributed by atoms with Gasteiger partial charge in [-0.1, -0.05) is 0 Å². The van der Waals surface area contributed by atoms with Crippen molar-refractivity contribution in [2.45, 2.75) is 6.42 Å². The lowest BCUT2D eigenvalue weighted by molar-refractivity contribution is 0.375. The van der Waals surface area contributed by atoms with Gasteiger partial charge in [0, 0.05) is 12.6 Å². The summed E-state index contributed by atoms with van der Waals surface area (Å²) in [5.74, 6) is 0.410. The zero-order valence-corrected chi connectivity index (χ0v) is 9.04. The summed E-state index contributed by atoms with van der Waals surface area (Å²) < 4.78 is 0.758. The molecule has 3 rings (SSSR count). The highest BCUT2D eigenvalue weighted by atomic mass is 16.3. The van der Waals surface area contributed by atoms with Gasteiger partial charge < -0.3 is 10.1 Å². The highest BCUT2D eigenvalue weighted by Crippen LogP contribution is 2.42. The van der Waals surface area contributed by atoms with E-state index in [0.717, 1.165) is 28.7 Å². The van der Waals surface area contributed by atoms with Gasteiger partial charge in [-0.15, -0.1) is 0 Å². The molecule has 2 heterocycles. The van der Waals surface area contributed by atoms with Crippen molar-refractivity contribution in [3.63, 3.8) is 0 Å². The van der Waals surface area contributed by atoms with Crippen molar-refractivity contribution in [3.8, 4) is 5.75 Å². The van der Waals surface area contributed by atoms with Crippen LogP contribution in [-0.4, -0.2) is 30.7 Å². The van der Waals surface area contributed by atoms with Gasteiger partial charge in [-0.05, 0) is 17.7 Å². The second-order valence-corrected chi connectivity index (χ2v) is 4.83. The van der Waals surface area contributed by atoms with Gasteiger partial charge in [-0.25, -0.2) is 0 Å². The maximum atomic E-state index is 9.99. The van der Waals surface area contributed by atoms with E-state index in [0.29, 0.717) is 5.75 Å². The van der Waals surface area contributed by atoms with Crippen molar-refractivity contribution in [3.05, 3.63) is 23.9 Å². The Kier molecular flexibility index (Phi) is 1.50. The van der Waals surface area contributed by atoms with Gasteiger partial charge in [-0.3, -0.25) is 4.48 Å². The molecule has 2 aromatic rings. The summed E-state index contributed by atoms with van der Waals surface area (Å²) in [5, 5.41) is 11.2. The zero-order chi connectivity index (χ0) is 10.6. The maximum Gasteiger partial charge on any atom is 0.184 e. The molecule has 0 fully saturated rings. The molecular weight excluding hydrogens is 188 g/mol. The smallest absolute Gasteiger partial charge is 0.184 e. The van der Waals surface area contributed by atoms with Crippen molar-refractivity contribution in [2.75, 3.05) is 20.6 Å². The molecular formula is C12H15N2O+. The molecule has 0 amide bonds. The summed E-state index contributed by atoms with van der Waals surface area (Å²) in [6.07, 6.45) is 3.14. The van der Waals surface area contributed by atoms with Gasteiger partial charge in [-0.2, -0.15) is 0 Å². The minimum Gasteiger partial charge on any atom is -0.503 e. The highest BCUT2D eigenvalue weighted by Gasteiger charge is 2.32. The first-order valence-electron chi connectivity index (χ1n) is 5.25. The van der Waals surface area contributed by atoms with Crippen LogP contribution in [0, 0.1) is 0 Å². The standard InChI is InChI=1S/C12H14N2O/c1-14(2)6-5-8-7-13-9-3-4-10(15)12(14)11(8)9/h3-4,7,13H,5-6H2,1-2H3/p+1. The average molecular weight is 203 g/mol. The molecule has 0 aliphatic carbocycles. The second-order valence-electron chi connectivity index (χ2n) is 4.83. The number of H-pyrrole nitrogens is 1. The number of likely N-dealkylation sites (N-methyl/N-ethyl adjacent to an activating group) is 1. The summed E-state index contributed by atoms with van der Waals surface area (Å²) in [4.78, 5) is 3.26. The van der Waals surface area contributed by atoms with Crippen molar-refractivity contribution < 1.29 is 5.11 Å². The van der Waals surface area contributed by atoms with Crippen molar-refractivity contribution in [2.24, 2.45) is 0 Å². The molecule has 0 bridgehead atoms. The quantitative estimate of drug-likeness (QED) is 0.631. The van der Waals surface area contributed by atoms with E-state index in [1.54, 1.807) is 6.07 Å². The number of aromatic amines is 1. The lowest BCUT2D eigenvalue weighted by Gasteiger charge is -2.33. The van der Waals surface area contributed by atoms with Crippen molar-refractivity contribution in [1.29, 1.82) is 0 Å². The van der Waals surface area contributed by atoms with E-state index in [2.05, 4.69) is 25.3 Å². The fourth-order valence-corrected chi connectivity index (χ4v) is 2.58. The Morgan fingerprint density at radius 3 is 2.93 bits per heavy atom. The third-order valence-corrected chi connectivity index (χ3v) is 3.43. The number of phenolic OH excluding ortho intramolecular Hbond substituents is 1. The number of aromatic hydroxyl groups is 1. The van der Waals surface area contributed by atoms with E-state index in [4.69, 9.17) is 0 Å². The number of nitrogens with zero attached hydrogens (tertiary/aromatic N) is 1. The maximum absolute atomic E-state index is 9.99. The number of quaternary nitrogens is 1. The third kappa shape index (κ3) is 1.04. The molecule has 15 heavy (non-hydrogen) atoms. The number of nitrogens with one attached hydrogen (secondary N) is 1. The lowest BCUT2D eigenvalue weighted by Crippen LogP contribution is -2.44. The Morgan fingerprint density at radius 1 is 1.33 bits per heavy atom. The monoisotopic (exact) mass is 203 g/mol. The molecule has 0 spiro atoms. The summed E-state index contributed by atoms with van der Waals surface area (Å²) in [6, 6.07) is 3.73. The Balaban J connectivity index is 2.50. The third-order valence-electron chi connectivity index (χ3n) is 3.43. The van der Waals surface area contributed by atoms with E-state index >= 15 is 0 Å². The molecule has 0 unspecified atom stereocenters. The zero-order valence-electron chi connectivity index (χ0n) is 9.04. The van der Waals surface area contributed by atoms with Crippen LogP contribution in [0.4, 0.5) is 5.69 Å². The Bertz CT molecular complexity index is 540. The van der Waals surface area contributed by atoms with Gasteiger partial charge >= 0.3 is 0 Å². The van der Waals surface area contributed by atoms with Gasteiger partial charge in [0.25, 0.3) is 0 Å². The first-order chi connectivity index (χ1) is 7.09. The number of phenols is 1. The van der Waals surface area contributed by atoms with Crippen LogP contribution >= 0.6 is 0 Å². The molecule has 0 radical (unpaired) electrons. The topological polar surface area (TPSA) is 36.0 Å². The number of benzene rings is 1. The van der Waals surface area contributed by atoms with Crippen LogP contribution < -0.4 is 4.48 Å². The number of hydrogen-bond acceptors (Lipinski definition) is 1. The van der Waals surface area contributed by atoms with Crippen LogP contribution in [0.25, 0.3) is 10.9 Å². The van der Waals surface area contributed by atoms with E-state index in [1.807, 2.05) is 6.07 Å². The molecule has 0 saturated carbocycles. The Hall–Kier alpha value is -1.48. The predicted molar refractivity (Wildman–Crippen MR) is 62.2 cm³/mol. The van der Waals surface area contributed by atoms with Crippen LogP contribution in [-0.2, 0) is 6.42 Å². The van der Waals surface area contributed by atoms with Gasteiger partial charge in [0.05, 0.1) is 31.5 Å². The van der Waals surface area contributed by atoms with E-state index in [1.165, 1.54) is 10.9 Å². The molecule has 2 N–H and O–H groups in total. The molecule has 1 aliphatic rings. The Labute approximate surface area is 88.5 Å². The molecule has 3 heteroatoms. The number of hydrogen-bond donors (Lipinski definition) is 2. The van der Waals surface area contributed by atoms with Crippen LogP contribution in [0.5, 0.6) is 5.75 Å². The summed E-state index contributed by atoms with van der Waals surface area (Å²) in [6.45, 7) is 1.04. The predicted octanol–water partition coefficient (Wildman–Crippen LogP) is 2.00. The average Bonchev–Trinajstić information content (AvgIpc) is 2.57. The highest BCUT2D eigenvalue weighted by molar-refractivity contribution is 5.98. The normalized spacial score (nSPS) is 18.3. The van der Waals surface area contributed by atoms with Gasteiger partial charge in [0.15, 0.2) is 11.4 Å². The second kappa shape index (κ2) is 2.55. The minimum atomic E-state index is 0.410. The minimum absolute atomic E-state index is 0.410. The van der Waals surface area contributed by atoms with Crippen LogP contribution in [0.15, 0.2) is 18.3 Å². The number of rotatable bonds is 0. The van der Waals surface area contributed by atoms with E-state index in [-0.39, 0.29) is 0 Å². The fraction of sp³-hybridized carbons (Fsp3) is 0.333. The van der Waals surface area contributed by atoms with E-state index in [9.17, 15) is 5.11 Å². The summed E-state index contributed by atoms with van der Waals surface area (Å²) in [5.41, 5.74) is 3.51. The molecule has 1 aromatic heterocycles. The van der Waals surface area contributed by atoms with Crippen LogP contribution in [0.3, 0.4) is 0 Å². The van der Waals surface area contributed by atoms with Crippen LogP contribution in [0.1, 0.15) is 5.56 Å². The SMILES string of the molecule is C[N+]1(C)CCc2c[nH]c3ccc(O)c1c23. The first kappa shape index (κ1) is 8.80. The molecule has 1 aromatic carbocycles. The number of aromatic nitrogens is 1. The first-order valence-corrected chi connectivity index (χ1v) is 5.25. The van der Waals surface area contributed by atoms with Crippen LogP contribution in [0.2, 0.25) is 0 Å². The van der Waals surface area contributed by atoms with Gasteiger partial charge in [0.1, 0.15) is 0 Å². The lowest BCUT2D eigenvalue weighted by atomic mass is 10.0. The molecule has 3 nitrogen and oxygen atoms in total. The molecule has 1 aliphatic heterocycles. The molecule has 0 saturated heterocycles. The molecule has 0 atom stereocenters. The fourth-order valence-electron chi connectivity index (χ4n) is 2.58. The summed E-state index contributed by atoms with van der Waals surface area (Å²) >= 11 is 0. The Morgan fingerprint density at radius 2 is 2.13 bits per heavy atom. The van der Waals surface area contributed by atoms with Crippen molar-refractivity contribution >= 4 is 16.6 Å². The van der Waals surface area contributed by atoms with E-state index < -0.39 is 0 Å². The molecule has 78 valence electrons.